The molecule has 0 bridgehead atoms. The normalized spacial score (nSPS) is 11.1. The van der Waals surface area contributed by atoms with Crippen LogP contribution < -0.4 is 14.8 Å². The van der Waals surface area contributed by atoms with Crippen molar-refractivity contribution in [2.75, 3.05) is 13.7 Å². The first-order valence-electron chi connectivity index (χ1n) is 7.47. The molecule has 0 unspecified atom stereocenters. The highest BCUT2D eigenvalue weighted by atomic mass is 32.2. The Morgan fingerprint density at radius 2 is 1.83 bits per heavy atom. The van der Waals surface area contributed by atoms with Gasteiger partial charge in [-0.1, -0.05) is 37.3 Å². The number of amides is 1. The molecule has 6 nitrogen and oxygen atoms in total. The van der Waals surface area contributed by atoms with Crippen LogP contribution in [0.3, 0.4) is 0 Å². The molecule has 0 atom stereocenters. The van der Waals surface area contributed by atoms with Crippen LogP contribution in [-0.2, 0) is 16.6 Å². The first kappa shape index (κ1) is 18.0. The zero-order chi connectivity index (χ0) is 17.6. The van der Waals surface area contributed by atoms with E-state index < -0.39 is 15.9 Å². The molecule has 24 heavy (non-hydrogen) atoms. The lowest BCUT2D eigenvalue weighted by molar-refractivity contribution is 0.0947. The second-order valence-corrected chi connectivity index (χ2v) is 6.80. The minimum atomic E-state index is -3.64. The number of carbonyl (C=O) groups excluding carboxylic acids is 1. The molecule has 0 saturated carbocycles. The number of hydrogen-bond donors (Lipinski definition) is 2. The summed E-state index contributed by atoms with van der Waals surface area (Å²) in [4.78, 5) is 12.5. The van der Waals surface area contributed by atoms with Gasteiger partial charge < -0.3 is 10.1 Å². The van der Waals surface area contributed by atoms with E-state index in [4.69, 9.17) is 4.74 Å². The lowest BCUT2D eigenvalue weighted by atomic mass is 10.1. The minimum Gasteiger partial charge on any atom is -0.496 e. The van der Waals surface area contributed by atoms with Gasteiger partial charge in [-0.15, -0.1) is 0 Å². The molecule has 1 amide bonds. The lowest BCUT2D eigenvalue weighted by Crippen LogP contribution is -2.26. The van der Waals surface area contributed by atoms with Crippen molar-refractivity contribution < 1.29 is 17.9 Å². The van der Waals surface area contributed by atoms with Crippen LogP contribution in [0.25, 0.3) is 0 Å². The summed E-state index contributed by atoms with van der Waals surface area (Å²) in [5.74, 6) is -0.0831. The van der Waals surface area contributed by atoms with Crippen molar-refractivity contribution in [1.82, 2.24) is 10.0 Å². The first-order valence-corrected chi connectivity index (χ1v) is 8.96. The number of rotatable bonds is 7. The van der Waals surface area contributed by atoms with E-state index in [1.54, 1.807) is 6.92 Å². The minimum absolute atomic E-state index is 0.0232. The number of ether oxygens (including phenoxy) is 1. The maximum absolute atomic E-state index is 12.4. The van der Waals surface area contributed by atoms with Gasteiger partial charge in [0.25, 0.3) is 5.91 Å². The Hall–Kier alpha value is -2.38. The molecule has 2 N–H and O–H groups in total. The Morgan fingerprint density at radius 3 is 2.46 bits per heavy atom. The highest BCUT2D eigenvalue weighted by Crippen LogP contribution is 2.22. The summed E-state index contributed by atoms with van der Waals surface area (Å²) >= 11 is 0. The summed E-state index contributed by atoms with van der Waals surface area (Å²) in [6.07, 6.45) is 0. The molecule has 0 aliphatic heterocycles. The van der Waals surface area contributed by atoms with E-state index in [-0.39, 0.29) is 17.0 Å². The Labute approximate surface area is 141 Å². The number of sulfonamides is 1. The third kappa shape index (κ3) is 4.33. The Bertz CT molecular complexity index is 805. The van der Waals surface area contributed by atoms with Crippen LogP contribution >= 0.6 is 0 Å². The van der Waals surface area contributed by atoms with Gasteiger partial charge >= 0.3 is 0 Å². The van der Waals surface area contributed by atoms with Crippen LogP contribution in [0.4, 0.5) is 0 Å². The topological polar surface area (TPSA) is 84.5 Å². The van der Waals surface area contributed by atoms with Crippen molar-refractivity contribution >= 4 is 15.9 Å². The van der Waals surface area contributed by atoms with Gasteiger partial charge in [-0.05, 0) is 23.8 Å². The van der Waals surface area contributed by atoms with E-state index in [9.17, 15) is 13.2 Å². The van der Waals surface area contributed by atoms with Crippen LogP contribution in [0.2, 0.25) is 0 Å². The average molecular weight is 348 g/mol. The average Bonchev–Trinajstić information content (AvgIpc) is 2.60. The summed E-state index contributed by atoms with van der Waals surface area (Å²) in [5, 5.41) is 2.77. The van der Waals surface area contributed by atoms with Gasteiger partial charge in [0.05, 0.1) is 17.6 Å². The molecule has 0 aromatic heterocycles. The molecule has 7 heteroatoms. The van der Waals surface area contributed by atoms with Gasteiger partial charge in [0.1, 0.15) is 5.75 Å². The molecule has 2 rings (SSSR count). The highest BCUT2D eigenvalue weighted by molar-refractivity contribution is 7.89. The second-order valence-electron chi connectivity index (χ2n) is 5.03. The van der Waals surface area contributed by atoms with E-state index >= 15 is 0 Å². The van der Waals surface area contributed by atoms with Crippen molar-refractivity contribution in [3.63, 3.8) is 0 Å². The number of carbonyl (C=O) groups is 1. The predicted molar refractivity (Wildman–Crippen MR) is 91.5 cm³/mol. The predicted octanol–water partition coefficient (Wildman–Crippen LogP) is 1.92. The quantitative estimate of drug-likeness (QED) is 0.801. The van der Waals surface area contributed by atoms with Crippen LogP contribution in [0, 0.1) is 0 Å². The zero-order valence-electron chi connectivity index (χ0n) is 13.6. The summed E-state index contributed by atoms with van der Waals surface area (Å²) in [6, 6.07) is 13.6. The van der Waals surface area contributed by atoms with Crippen LogP contribution in [0.15, 0.2) is 53.4 Å². The second kappa shape index (κ2) is 7.94. The fourth-order valence-electron chi connectivity index (χ4n) is 2.18. The van der Waals surface area contributed by atoms with E-state index in [0.29, 0.717) is 12.3 Å². The molecule has 0 radical (unpaired) electrons. The number of methoxy groups -OCH3 is 1. The molecule has 128 valence electrons. The van der Waals surface area contributed by atoms with Gasteiger partial charge in [0, 0.05) is 13.1 Å². The van der Waals surface area contributed by atoms with Gasteiger partial charge in [0.15, 0.2) is 0 Å². The Morgan fingerprint density at radius 1 is 1.12 bits per heavy atom. The summed E-state index contributed by atoms with van der Waals surface area (Å²) in [7, 11) is -2.21. The summed E-state index contributed by atoms with van der Waals surface area (Å²) in [6.45, 7) is 2.30. The van der Waals surface area contributed by atoms with Gasteiger partial charge in [-0.25, -0.2) is 13.1 Å². The molecule has 0 fully saturated rings. The van der Waals surface area contributed by atoms with Crippen LogP contribution in [-0.4, -0.2) is 28.0 Å². The van der Waals surface area contributed by atoms with E-state index in [1.165, 1.54) is 25.3 Å². The van der Waals surface area contributed by atoms with Gasteiger partial charge in [-0.3, -0.25) is 4.79 Å². The van der Waals surface area contributed by atoms with Crippen molar-refractivity contribution in [1.29, 1.82) is 0 Å². The Balaban J connectivity index is 2.25. The monoisotopic (exact) mass is 348 g/mol. The molecule has 0 aliphatic carbocycles. The highest BCUT2D eigenvalue weighted by Gasteiger charge is 2.19. The molecule has 0 spiro atoms. The van der Waals surface area contributed by atoms with Gasteiger partial charge in [0.2, 0.25) is 10.0 Å². The summed E-state index contributed by atoms with van der Waals surface area (Å²) < 4.78 is 31.8. The summed E-state index contributed by atoms with van der Waals surface area (Å²) in [5.41, 5.74) is 1.12. The number of nitrogens with one attached hydrogen (secondary N) is 2. The molecule has 2 aromatic carbocycles. The molecule has 0 saturated heterocycles. The maximum Gasteiger partial charge on any atom is 0.255 e. The molecule has 0 aliphatic rings. The zero-order valence-corrected chi connectivity index (χ0v) is 14.4. The lowest BCUT2D eigenvalue weighted by Gasteiger charge is -2.12. The third-order valence-corrected chi connectivity index (χ3v) is 4.90. The van der Waals surface area contributed by atoms with Crippen molar-refractivity contribution in [2.45, 2.75) is 18.4 Å². The third-order valence-electron chi connectivity index (χ3n) is 3.36. The Kier molecular flexibility index (Phi) is 5.94. The first-order chi connectivity index (χ1) is 11.5. The van der Waals surface area contributed by atoms with Crippen LogP contribution in [0.5, 0.6) is 5.75 Å². The fraction of sp³-hybridized carbons (Fsp3) is 0.235. The molecular formula is C17H20N2O4S. The number of hydrogen-bond acceptors (Lipinski definition) is 4. The van der Waals surface area contributed by atoms with E-state index in [0.717, 1.165) is 5.56 Å². The van der Waals surface area contributed by atoms with E-state index in [2.05, 4.69) is 10.0 Å². The molecule has 0 heterocycles. The van der Waals surface area contributed by atoms with Crippen molar-refractivity contribution in [2.24, 2.45) is 0 Å². The van der Waals surface area contributed by atoms with Gasteiger partial charge in [-0.2, -0.15) is 0 Å². The van der Waals surface area contributed by atoms with Crippen molar-refractivity contribution in [3.05, 3.63) is 59.7 Å². The van der Waals surface area contributed by atoms with Crippen LogP contribution in [0.1, 0.15) is 22.8 Å². The molecule has 2 aromatic rings. The largest absolute Gasteiger partial charge is 0.496 e. The van der Waals surface area contributed by atoms with Crippen molar-refractivity contribution in [3.8, 4) is 5.75 Å². The SMILES string of the molecule is CCNS(=O)(=O)c1ccc(OC)c(C(=O)NCc2ccccc2)c1. The smallest absolute Gasteiger partial charge is 0.255 e. The molecular weight excluding hydrogens is 328 g/mol. The number of benzene rings is 2. The fourth-order valence-corrected chi connectivity index (χ4v) is 3.25. The maximum atomic E-state index is 12.4. The van der Waals surface area contributed by atoms with E-state index in [1.807, 2.05) is 30.3 Å². The standard InChI is InChI=1S/C17H20N2O4S/c1-3-19-24(21,22)14-9-10-16(23-2)15(11-14)17(20)18-12-13-7-5-4-6-8-13/h4-11,19H,3,12H2,1-2H3,(H,18,20).